The van der Waals surface area contributed by atoms with Gasteiger partial charge in [-0.05, 0) is 64.8 Å². The molecular weight excluding hydrogens is 212 g/mol. The molecule has 2 rings (SSSR count). The molecule has 1 atom stereocenters. The van der Waals surface area contributed by atoms with Crippen LogP contribution in [0.4, 0.5) is 0 Å². The third-order valence-electron chi connectivity index (χ3n) is 4.45. The van der Waals surface area contributed by atoms with Gasteiger partial charge in [0, 0.05) is 6.54 Å². The Kier molecular flexibility index (Phi) is 5.26. The van der Waals surface area contributed by atoms with Crippen molar-refractivity contribution in [2.75, 3.05) is 39.8 Å². The highest BCUT2D eigenvalue weighted by Crippen LogP contribution is 2.21. The molecule has 0 amide bonds. The van der Waals surface area contributed by atoms with Crippen LogP contribution >= 0.6 is 0 Å². The first-order valence-electron chi connectivity index (χ1n) is 7.34. The van der Waals surface area contributed by atoms with Crippen LogP contribution in [0.25, 0.3) is 0 Å². The highest BCUT2D eigenvalue weighted by atomic mass is 16.3. The molecule has 0 aromatic rings. The number of piperidine rings is 1. The summed E-state index contributed by atoms with van der Waals surface area (Å²) in [5.74, 6) is 0.537. The Morgan fingerprint density at radius 1 is 1.00 bits per heavy atom. The van der Waals surface area contributed by atoms with Gasteiger partial charge >= 0.3 is 0 Å². The Morgan fingerprint density at radius 2 is 1.59 bits per heavy atom. The average molecular weight is 240 g/mol. The third-order valence-corrected chi connectivity index (χ3v) is 4.45. The van der Waals surface area contributed by atoms with Crippen LogP contribution in [0.1, 0.15) is 38.5 Å². The third kappa shape index (κ3) is 4.23. The standard InChI is InChI=1S/C14H28N2O/c1-15-10-6-13(7-11-15)14(17)12-16-8-4-2-3-5-9-16/h13-14,17H,2-12H2,1H3. The minimum atomic E-state index is -0.0956. The van der Waals surface area contributed by atoms with Crippen molar-refractivity contribution >= 4 is 0 Å². The molecule has 2 heterocycles. The molecular formula is C14H28N2O. The van der Waals surface area contributed by atoms with Gasteiger partial charge in [-0.1, -0.05) is 12.8 Å². The minimum absolute atomic E-state index is 0.0956. The van der Waals surface area contributed by atoms with Crippen molar-refractivity contribution < 1.29 is 5.11 Å². The number of rotatable bonds is 3. The molecule has 1 N–H and O–H groups in total. The Morgan fingerprint density at radius 3 is 2.18 bits per heavy atom. The second-order valence-corrected chi connectivity index (χ2v) is 5.92. The largest absolute Gasteiger partial charge is 0.392 e. The Labute approximate surface area is 106 Å². The summed E-state index contributed by atoms with van der Waals surface area (Å²) in [5, 5.41) is 10.3. The normalized spacial score (nSPS) is 27.9. The minimum Gasteiger partial charge on any atom is -0.392 e. The fraction of sp³-hybridized carbons (Fsp3) is 1.00. The van der Waals surface area contributed by atoms with Crippen LogP contribution in [0.3, 0.4) is 0 Å². The van der Waals surface area contributed by atoms with E-state index in [0.717, 1.165) is 19.6 Å². The van der Waals surface area contributed by atoms with E-state index in [1.54, 1.807) is 0 Å². The van der Waals surface area contributed by atoms with Gasteiger partial charge in [-0.25, -0.2) is 0 Å². The van der Waals surface area contributed by atoms with E-state index in [-0.39, 0.29) is 6.10 Å². The summed E-state index contributed by atoms with van der Waals surface area (Å²) in [7, 11) is 2.18. The fourth-order valence-corrected chi connectivity index (χ4v) is 3.15. The first kappa shape index (κ1) is 13.3. The molecule has 0 spiro atoms. The topological polar surface area (TPSA) is 26.7 Å². The smallest absolute Gasteiger partial charge is 0.0696 e. The lowest BCUT2D eigenvalue weighted by atomic mass is 9.91. The summed E-state index contributed by atoms with van der Waals surface area (Å²) in [6, 6.07) is 0. The summed E-state index contributed by atoms with van der Waals surface area (Å²) in [6.07, 6.45) is 7.64. The molecule has 0 aromatic heterocycles. The zero-order chi connectivity index (χ0) is 12.1. The summed E-state index contributed by atoms with van der Waals surface area (Å²) in [4.78, 5) is 4.85. The Hall–Kier alpha value is -0.120. The summed E-state index contributed by atoms with van der Waals surface area (Å²) >= 11 is 0. The lowest BCUT2D eigenvalue weighted by molar-refractivity contribution is 0.0365. The van der Waals surface area contributed by atoms with Crippen LogP contribution in [0.2, 0.25) is 0 Å². The van der Waals surface area contributed by atoms with Gasteiger partial charge in [-0.15, -0.1) is 0 Å². The van der Waals surface area contributed by atoms with Crippen LogP contribution in [0, 0.1) is 5.92 Å². The van der Waals surface area contributed by atoms with E-state index in [4.69, 9.17) is 0 Å². The zero-order valence-electron chi connectivity index (χ0n) is 11.3. The van der Waals surface area contributed by atoms with E-state index in [2.05, 4.69) is 16.8 Å². The van der Waals surface area contributed by atoms with Crippen LogP contribution in [-0.4, -0.2) is 60.8 Å². The summed E-state index contributed by atoms with van der Waals surface area (Å²) in [6.45, 7) is 5.62. The van der Waals surface area contributed by atoms with Crippen LogP contribution < -0.4 is 0 Å². The molecule has 3 nitrogen and oxygen atoms in total. The Balaban J connectivity index is 1.73. The zero-order valence-corrected chi connectivity index (χ0v) is 11.3. The van der Waals surface area contributed by atoms with Gasteiger partial charge in [0.2, 0.25) is 0 Å². The van der Waals surface area contributed by atoms with E-state index in [1.165, 1.54) is 51.6 Å². The summed E-state index contributed by atoms with van der Waals surface area (Å²) in [5.41, 5.74) is 0. The van der Waals surface area contributed by atoms with Gasteiger partial charge in [0.25, 0.3) is 0 Å². The summed E-state index contributed by atoms with van der Waals surface area (Å²) < 4.78 is 0. The van der Waals surface area contributed by atoms with Crippen molar-refractivity contribution in [3.05, 3.63) is 0 Å². The highest BCUT2D eigenvalue weighted by molar-refractivity contribution is 4.79. The number of aliphatic hydroxyl groups is 1. The van der Waals surface area contributed by atoms with Crippen molar-refractivity contribution in [2.45, 2.75) is 44.6 Å². The van der Waals surface area contributed by atoms with E-state index < -0.39 is 0 Å². The van der Waals surface area contributed by atoms with Gasteiger partial charge in [0.1, 0.15) is 0 Å². The number of hydrogen-bond acceptors (Lipinski definition) is 3. The average Bonchev–Trinajstić information content (AvgIpc) is 2.58. The predicted octanol–water partition coefficient (Wildman–Crippen LogP) is 1.57. The number of nitrogens with zero attached hydrogens (tertiary/aromatic N) is 2. The molecule has 0 saturated carbocycles. The van der Waals surface area contributed by atoms with Crippen molar-refractivity contribution in [3.8, 4) is 0 Å². The lowest BCUT2D eigenvalue weighted by Crippen LogP contribution is -2.41. The molecule has 17 heavy (non-hydrogen) atoms. The molecule has 2 aliphatic rings. The monoisotopic (exact) mass is 240 g/mol. The second kappa shape index (κ2) is 6.72. The van der Waals surface area contributed by atoms with E-state index in [0.29, 0.717) is 5.92 Å². The maximum atomic E-state index is 10.3. The molecule has 0 bridgehead atoms. The molecule has 0 radical (unpaired) electrons. The molecule has 2 aliphatic heterocycles. The first-order valence-corrected chi connectivity index (χ1v) is 7.34. The maximum Gasteiger partial charge on any atom is 0.0696 e. The predicted molar refractivity (Wildman–Crippen MR) is 71.1 cm³/mol. The van der Waals surface area contributed by atoms with Gasteiger partial charge in [-0.2, -0.15) is 0 Å². The van der Waals surface area contributed by atoms with E-state index in [1.807, 2.05) is 0 Å². The van der Waals surface area contributed by atoms with Crippen LogP contribution in [-0.2, 0) is 0 Å². The molecule has 1 unspecified atom stereocenters. The van der Waals surface area contributed by atoms with Gasteiger partial charge < -0.3 is 14.9 Å². The van der Waals surface area contributed by atoms with Crippen LogP contribution in [0.5, 0.6) is 0 Å². The first-order chi connectivity index (χ1) is 8.25. The maximum absolute atomic E-state index is 10.3. The number of aliphatic hydroxyl groups excluding tert-OH is 1. The number of β-amino-alcohol motifs (C(OH)–C–C–N with tert-alkyl or cyclic N) is 1. The van der Waals surface area contributed by atoms with Gasteiger partial charge in [-0.3, -0.25) is 0 Å². The van der Waals surface area contributed by atoms with E-state index >= 15 is 0 Å². The second-order valence-electron chi connectivity index (χ2n) is 5.92. The molecule has 0 aliphatic carbocycles. The lowest BCUT2D eigenvalue weighted by Gasteiger charge is -2.34. The molecule has 2 saturated heterocycles. The van der Waals surface area contributed by atoms with E-state index in [9.17, 15) is 5.11 Å². The van der Waals surface area contributed by atoms with Crippen LogP contribution in [0.15, 0.2) is 0 Å². The van der Waals surface area contributed by atoms with Gasteiger partial charge in [0.15, 0.2) is 0 Å². The molecule has 100 valence electrons. The fourth-order valence-electron chi connectivity index (χ4n) is 3.15. The SMILES string of the molecule is CN1CCC(C(O)CN2CCCCCC2)CC1. The van der Waals surface area contributed by atoms with Crippen molar-refractivity contribution in [3.63, 3.8) is 0 Å². The number of hydrogen-bond donors (Lipinski definition) is 1. The highest BCUT2D eigenvalue weighted by Gasteiger charge is 2.25. The number of likely N-dealkylation sites (tertiary alicyclic amines) is 2. The van der Waals surface area contributed by atoms with Gasteiger partial charge in [0.05, 0.1) is 6.10 Å². The van der Waals surface area contributed by atoms with Crippen molar-refractivity contribution in [1.29, 1.82) is 0 Å². The van der Waals surface area contributed by atoms with Crippen molar-refractivity contribution in [2.24, 2.45) is 5.92 Å². The Bertz CT molecular complexity index is 206. The molecule has 2 fully saturated rings. The molecule has 3 heteroatoms. The van der Waals surface area contributed by atoms with Crippen molar-refractivity contribution in [1.82, 2.24) is 9.80 Å². The quantitative estimate of drug-likeness (QED) is 0.811. The molecule has 0 aromatic carbocycles.